The normalized spacial score (nSPS) is 15.2. The Kier molecular flexibility index (Phi) is 5.87. The molecule has 3 aromatic rings. The van der Waals surface area contributed by atoms with Crippen molar-refractivity contribution in [2.45, 2.75) is 58.3 Å². The molecule has 0 aliphatic heterocycles. The first-order valence-corrected chi connectivity index (χ1v) is 12.5. The zero-order valence-corrected chi connectivity index (χ0v) is 20.2. The van der Waals surface area contributed by atoms with Gasteiger partial charge in [0.2, 0.25) is 5.91 Å². The topological polar surface area (TPSA) is 29.1 Å². The highest BCUT2D eigenvalue weighted by atomic mass is 127. The fourth-order valence-corrected chi connectivity index (χ4v) is 6.44. The Morgan fingerprint density at radius 2 is 1.45 bits per heavy atom. The summed E-state index contributed by atoms with van der Waals surface area (Å²) in [6.45, 7) is 1.62. The van der Waals surface area contributed by atoms with E-state index in [1.54, 1.807) is 6.92 Å². The molecule has 0 heterocycles. The maximum Gasteiger partial charge on any atom is 0.221 e. The lowest BCUT2D eigenvalue weighted by atomic mass is 9.79. The van der Waals surface area contributed by atoms with E-state index >= 15 is 0 Å². The summed E-state index contributed by atoms with van der Waals surface area (Å²) in [6, 6.07) is 17.6. The number of hydrogen-bond donors (Lipinski definition) is 1. The van der Waals surface area contributed by atoms with Crippen LogP contribution in [0.3, 0.4) is 0 Å². The molecule has 0 unspecified atom stereocenters. The van der Waals surface area contributed by atoms with Crippen molar-refractivity contribution in [3.05, 3.63) is 74.4 Å². The lowest BCUT2D eigenvalue weighted by Gasteiger charge is -2.28. The van der Waals surface area contributed by atoms with Gasteiger partial charge in [-0.15, -0.1) is 0 Å². The third-order valence-electron chi connectivity index (χ3n) is 6.77. The summed E-state index contributed by atoms with van der Waals surface area (Å²) < 4.78 is 1.31. The number of benzene rings is 3. The van der Waals surface area contributed by atoms with Crippen LogP contribution in [-0.4, -0.2) is 5.91 Å². The van der Waals surface area contributed by atoms with Gasteiger partial charge in [0.15, 0.2) is 0 Å². The molecule has 0 aromatic heterocycles. The van der Waals surface area contributed by atoms with Crippen LogP contribution in [0.5, 0.6) is 0 Å². The second kappa shape index (κ2) is 8.78. The van der Waals surface area contributed by atoms with Crippen LogP contribution in [0.25, 0.3) is 22.3 Å². The van der Waals surface area contributed by atoms with E-state index < -0.39 is 0 Å². The third-order valence-corrected chi connectivity index (χ3v) is 7.89. The van der Waals surface area contributed by atoms with Crippen molar-refractivity contribution >= 4 is 34.2 Å². The van der Waals surface area contributed by atoms with E-state index in [1.807, 2.05) is 0 Å². The van der Waals surface area contributed by atoms with Crippen LogP contribution in [0.1, 0.15) is 54.9 Å². The molecule has 1 N–H and O–H groups in total. The summed E-state index contributed by atoms with van der Waals surface area (Å²) >= 11 is 2.57. The molecule has 0 fully saturated rings. The zero-order chi connectivity index (χ0) is 21.4. The van der Waals surface area contributed by atoms with E-state index in [9.17, 15) is 4.79 Å². The number of rotatable bonds is 3. The van der Waals surface area contributed by atoms with Crippen molar-refractivity contribution in [3.63, 3.8) is 0 Å². The van der Waals surface area contributed by atoms with Gasteiger partial charge < -0.3 is 5.32 Å². The summed E-state index contributed by atoms with van der Waals surface area (Å²) in [4.78, 5) is 12.1. The van der Waals surface area contributed by atoms with Gasteiger partial charge in [0.05, 0.1) is 0 Å². The fraction of sp³-hybridized carbons (Fsp3) is 0.321. The number of hydrogen-bond acceptors (Lipinski definition) is 1. The van der Waals surface area contributed by atoms with Gasteiger partial charge in [-0.05, 0) is 119 Å². The lowest BCUT2D eigenvalue weighted by Crippen LogP contribution is -2.14. The molecule has 0 spiro atoms. The van der Waals surface area contributed by atoms with E-state index in [0.717, 1.165) is 31.4 Å². The molecule has 3 aromatic carbocycles. The first kappa shape index (κ1) is 20.7. The van der Waals surface area contributed by atoms with Crippen LogP contribution in [0, 0.1) is 3.57 Å². The van der Waals surface area contributed by atoms with E-state index in [1.165, 1.54) is 73.8 Å². The third kappa shape index (κ3) is 3.93. The first-order chi connectivity index (χ1) is 15.1. The Balaban J connectivity index is 1.84. The number of carbonyl (C=O) groups is 1. The van der Waals surface area contributed by atoms with Gasteiger partial charge in [0.25, 0.3) is 0 Å². The highest BCUT2D eigenvalue weighted by molar-refractivity contribution is 14.1. The summed E-state index contributed by atoms with van der Waals surface area (Å²) in [5.41, 5.74) is 12.1. The number of fused-ring (bicyclic) bond motifs is 2. The Hall–Kier alpha value is -2.14. The molecular formula is C28H28INO. The summed E-state index contributed by atoms with van der Waals surface area (Å²) in [7, 11) is 0. The largest absolute Gasteiger partial charge is 0.326 e. The van der Waals surface area contributed by atoms with E-state index in [0.29, 0.717) is 0 Å². The van der Waals surface area contributed by atoms with Gasteiger partial charge in [0.1, 0.15) is 0 Å². The molecule has 2 aliphatic carbocycles. The van der Waals surface area contributed by atoms with Crippen molar-refractivity contribution in [1.29, 1.82) is 0 Å². The van der Waals surface area contributed by atoms with Crippen molar-refractivity contribution in [2.24, 2.45) is 0 Å². The SMILES string of the molecule is CC(=O)Nc1ccc2c(c1-c1c(I)c(-c3ccccc3)cc3c1CCCC3)CCCC2. The molecule has 31 heavy (non-hydrogen) atoms. The molecule has 0 saturated heterocycles. The molecule has 0 bridgehead atoms. The van der Waals surface area contributed by atoms with Crippen molar-refractivity contribution in [1.82, 2.24) is 0 Å². The van der Waals surface area contributed by atoms with Crippen molar-refractivity contribution in [3.8, 4) is 22.3 Å². The van der Waals surface area contributed by atoms with Crippen LogP contribution >= 0.6 is 22.6 Å². The fourth-order valence-electron chi connectivity index (χ4n) is 5.37. The van der Waals surface area contributed by atoms with Gasteiger partial charge in [0, 0.05) is 27.3 Å². The maximum absolute atomic E-state index is 12.1. The lowest BCUT2D eigenvalue weighted by molar-refractivity contribution is -0.114. The number of aryl methyl sites for hydroxylation is 2. The maximum atomic E-state index is 12.1. The van der Waals surface area contributed by atoms with Gasteiger partial charge in [-0.25, -0.2) is 0 Å². The predicted molar refractivity (Wildman–Crippen MR) is 138 cm³/mol. The molecule has 0 saturated carbocycles. The van der Waals surface area contributed by atoms with Crippen molar-refractivity contribution < 1.29 is 4.79 Å². The van der Waals surface area contributed by atoms with Crippen LogP contribution in [-0.2, 0) is 30.5 Å². The van der Waals surface area contributed by atoms with Crippen LogP contribution in [0.4, 0.5) is 5.69 Å². The number of nitrogens with one attached hydrogen (secondary N) is 1. The van der Waals surface area contributed by atoms with Crippen LogP contribution < -0.4 is 5.32 Å². The summed E-state index contributed by atoms with van der Waals surface area (Å²) in [5, 5.41) is 3.17. The van der Waals surface area contributed by atoms with Crippen LogP contribution in [0.15, 0.2) is 48.5 Å². The van der Waals surface area contributed by atoms with Gasteiger partial charge in [-0.1, -0.05) is 36.4 Å². The molecular weight excluding hydrogens is 493 g/mol. The van der Waals surface area contributed by atoms with Crippen LogP contribution in [0.2, 0.25) is 0 Å². The highest BCUT2D eigenvalue weighted by Crippen LogP contribution is 2.46. The van der Waals surface area contributed by atoms with Gasteiger partial charge in [-0.2, -0.15) is 0 Å². The quantitative estimate of drug-likeness (QED) is 0.359. The first-order valence-electron chi connectivity index (χ1n) is 11.5. The minimum absolute atomic E-state index is 0.0000919. The predicted octanol–water partition coefficient (Wildman–Crippen LogP) is 7.34. The summed E-state index contributed by atoms with van der Waals surface area (Å²) in [5.74, 6) is 0.0000919. The Morgan fingerprint density at radius 3 is 2.16 bits per heavy atom. The van der Waals surface area contributed by atoms with Gasteiger partial charge in [-0.3, -0.25) is 4.79 Å². The average molecular weight is 521 g/mol. The number of carbonyl (C=O) groups excluding carboxylic acids is 1. The Bertz CT molecular complexity index is 1150. The molecule has 0 atom stereocenters. The van der Waals surface area contributed by atoms with Crippen molar-refractivity contribution in [2.75, 3.05) is 5.32 Å². The molecule has 158 valence electrons. The second-order valence-corrected chi connectivity index (χ2v) is 9.92. The molecule has 1 amide bonds. The number of anilines is 1. The Morgan fingerprint density at radius 1 is 0.806 bits per heavy atom. The number of amides is 1. The molecule has 0 radical (unpaired) electrons. The second-order valence-electron chi connectivity index (χ2n) is 8.84. The average Bonchev–Trinajstić information content (AvgIpc) is 2.79. The van der Waals surface area contributed by atoms with Gasteiger partial charge >= 0.3 is 0 Å². The monoisotopic (exact) mass is 521 g/mol. The Labute approximate surface area is 198 Å². The standard InChI is InChI=1S/C28H28INO/c1-18(31)30-25-16-15-20-11-5-7-13-22(20)26(25)27-23-14-8-6-12-21(23)17-24(28(27)29)19-9-3-2-4-10-19/h2-4,9-10,15-17H,5-8,11-14H2,1H3,(H,30,31). The van der Waals surface area contributed by atoms with E-state index in [4.69, 9.17) is 0 Å². The molecule has 5 rings (SSSR count). The van der Waals surface area contributed by atoms with E-state index in [-0.39, 0.29) is 5.91 Å². The smallest absolute Gasteiger partial charge is 0.221 e. The minimum Gasteiger partial charge on any atom is -0.326 e. The molecule has 3 heteroatoms. The number of halogens is 1. The minimum atomic E-state index is 0.0000919. The van der Waals surface area contributed by atoms with E-state index in [2.05, 4.69) is 76.4 Å². The molecule has 2 aliphatic rings. The zero-order valence-electron chi connectivity index (χ0n) is 18.1. The summed E-state index contributed by atoms with van der Waals surface area (Å²) in [6.07, 6.45) is 9.48. The molecule has 2 nitrogen and oxygen atoms in total. The highest BCUT2D eigenvalue weighted by Gasteiger charge is 2.26.